The first-order chi connectivity index (χ1) is 11.7. The molecule has 2 amide bonds. The Hall–Kier alpha value is -1.84. The highest BCUT2D eigenvalue weighted by Gasteiger charge is 2.28. The molecule has 0 aromatic heterocycles. The van der Waals surface area contributed by atoms with Crippen LogP contribution in [0.2, 0.25) is 0 Å². The number of likely N-dealkylation sites (tertiary alicyclic amines) is 1. The average Bonchev–Trinajstić information content (AvgIpc) is 2.62. The number of carbonyl (C=O) groups excluding carboxylic acids is 2. The maximum atomic E-state index is 13.0. The number of amides is 2. The lowest BCUT2D eigenvalue weighted by Crippen LogP contribution is -2.45. The van der Waals surface area contributed by atoms with Crippen LogP contribution in [-0.2, 0) is 9.59 Å². The molecule has 1 fully saturated rings. The fourth-order valence-corrected chi connectivity index (χ4v) is 3.46. The molecule has 1 aliphatic heterocycles. The molecular formula is C20H30N2O2. The predicted molar refractivity (Wildman–Crippen MR) is 96.7 cm³/mol. The first-order valence-electron chi connectivity index (χ1n) is 9.26. The SMILES string of the molecule is CCCC(=O)NCC1CCCN(C(=O)C(CC)c2ccccc2)C1. The second kappa shape index (κ2) is 9.45. The molecule has 0 aliphatic carbocycles. The molecule has 1 aliphatic rings. The Morgan fingerprint density at radius 2 is 2.00 bits per heavy atom. The smallest absolute Gasteiger partial charge is 0.230 e. The summed E-state index contributed by atoms with van der Waals surface area (Å²) in [4.78, 5) is 26.6. The summed E-state index contributed by atoms with van der Waals surface area (Å²) >= 11 is 0. The maximum Gasteiger partial charge on any atom is 0.230 e. The summed E-state index contributed by atoms with van der Waals surface area (Å²) in [6.07, 6.45) is 4.37. The molecule has 0 spiro atoms. The molecule has 1 heterocycles. The second-order valence-corrected chi connectivity index (χ2v) is 6.72. The standard InChI is InChI=1S/C20H30N2O2/c1-3-9-19(23)21-14-16-10-8-13-22(15-16)20(24)18(4-2)17-11-6-5-7-12-17/h5-7,11-12,16,18H,3-4,8-10,13-15H2,1-2H3,(H,21,23). The first kappa shape index (κ1) is 18.5. The molecule has 0 saturated carbocycles. The van der Waals surface area contributed by atoms with Gasteiger partial charge in [0.25, 0.3) is 0 Å². The summed E-state index contributed by atoms with van der Waals surface area (Å²) in [5.74, 6) is 0.668. The van der Waals surface area contributed by atoms with Crippen molar-refractivity contribution >= 4 is 11.8 Å². The van der Waals surface area contributed by atoms with Crippen LogP contribution >= 0.6 is 0 Å². The molecule has 0 radical (unpaired) electrons. The molecule has 1 N–H and O–H groups in total. The number of nitrogens with one attached hydrogen (secondary N) is 1. The Balaban J connectivity index is 1.93. The van der Waals surface area contributed by atoms with Gasteiger partial charge in [-0.15, -0.1) is 0 Å². The van der Waals surface area contributed by atoms with Gasteiger partial charge in [0, 0.05) is 26.1 Å². The van der Waals surface area contributed by atoms with Crippen molar-refractivity contribution in [1.82, 2.24) is 10.2 Å². The van der Waals surface area contributed by atoms with Crippen LogP contribution in [-0.4, -0.2) is 36.3 Å². The van der Waals surface area contributed by atoms with E-state index in [9.17, 15) is 9.59 Å². The molecule has 4 heteroatoms. The molecule has 2 unspecified atom stereocenters. The molecule has 1 saturated heterocycles. The van der Waals surface area contributed by atoms with E-state index in [0.29, 0.717) is 18.9 Å². The average molecular weight is 330 g/mol. The van der Waals surface area contributed by atoms with Gasteiger partial charge in [-0.25, -0.2) is 0 Å². The fraction of sp³-hybridized carbons (Fsp3) is 0.600. The fourth-order valence-electron chi connectivity index (χ4n) is 3.46. The van der Waals surface area contributed by atoms with Gasteiger partial charge in [-0.05, 0) is 37.2 Å². The number of benzene rings is 1. The van der Waals surface area contributed by atoms with Gasteiger partial charge in [0.1, 0.15) is 0 Å². The quantitative estimate of drug-likeness (QED) is 0.833. The van der Waals surface area contributed by atoms with Crippen molar-refractivity contribution in [2.45, 2.75) is 51.9 Å². The van der Waals surface area contributed by atoms with E-state index in [-0.39, 0.29) is 17.7 Å². The lowest BCUT2D eigenvalue weighted by molar-refractivity contribution is -0.134. The van der Waals surface area contributed by atoms with Crippen molar-refractivity contribution in [3.63, 3.8) is 0 Å². The van der Waals surface area contributed by atoms with Crippen molar-refractivity contribution in [2.75, 3.05) is 19.6 Å². The molecule has 132 valence electrons. The number of hydrogen-bond donors (Lipinski definition) is 1. The lowest BCUT2D eigenvalue weighted by Gasteiger charge is -2.35. The molecule has 0 bridgehead atoms. The van der Waals surface area contributed by atoms with Crippen molar-refractivity contribution in [2.24, 2.45) is 5.92 Å². The minimum Gasteiger partial charge on any atom is -0.356 e. The zero-order valence-electron chi connectivity index (χ0n) is 15.0. The zero-order valence-corrected chi connectivity index (χ0v) is 15.0. The number of piperidine rings is 1. The van der Waals surface area contributed by atoms with Gasteiger partial charge in [-0.3, -0.25) is 9.59 Å². The molecule has 4 nitrogen and oxygen atoms in total. The van der Waals surface area contributed by atoms with Gasteiger partial charge in [0.05, 0.1) is 5.92 Å². The Labute approximate surface area is 145 Å². The van der Waals surface area contributed by atoms with E-state index >= 15 is 0 Å². The van der Waals surface area contributed by atoms with Crippen LogP contribution in [0.5, 0.6) is 0 Å². The molecule has 1 aromatic carbocycles. The largest absolute Gasteiger partial charge is 0.356 e. The van der Waals surface area contributed by atoms with Crippen molar-refractivity contribution in [3.05, 3.63) is 35.9 Å². The highest BCUT2D eigenvalue weighted by atomic mass is 16.2. The van der Waals surface area contributed by atoms with Crippen molar-refractivity contribution in [1.29, 1.82) is 0 Å². The van der Waals surface area contributed by atoms with Gasteiger partial charge in [0.15, 0.2) is 0 Å². The van der Waals surface area contributed by atoms with E-state index in [1.807, 2.05) is 42.2 Å². The Morgan fingerprint density at radius 1 is 1.25 bits per heavy atom. The summed E-state index contributed by atoms with van der Waals surface area (Å²) in [7, 11) is 0. The van der Waals surface area contributed by atoms with E-state index in [0.717, 1.165) is 44.3 Å². The molecular weight excluding hydrogens is 300 g/mol. The summed E-state index contributed by atoms with van der Waals surface area (Å²) < 4.78 is 0. The molecule has 24 heavy (non-hydrogen) atoms. The third-order valence-electron chi connectivity index (χ3n) is 4.80. The number of rotatable bonds is 7. The van der Waals surface area contributed by atoms with Crippen LogP contribution in [0.4, 0.5) is 0 Å². The van der Waals surface area contributed by atoms with Gasteiger partial charge >= 0.3 is 0 Å². The van der Waals surface area contributed by atoms with Crippen LogP contribution in [0.15, 0.2) is 30.3 Å². The van der Waals surface area contributed by atoms with Crippen LogP contribution in [0, 0.1) is 5.92 Å². The normalized spacial score (nSPS) is 18.9. The van der Waals surface area contributed by atoms with E-state index < -0.39 is 0 Å². The van der Waals surface area contributed by atoms with Crippen molar-refractivity contribution < 1.29 is 9.59 Å². The van der Waals surface area contributed by atoms with E-state index in [1.54, 1.807) is 0 Å². The topological polar surface area (TPSA) is 49.4 Å². The maximum absolute atomic E-state index is 13.0. The summed E-state index contributed by atoms with van der Waals surface area (Å²) in [6.45, 7) is 6.36. The minimum absolute atomic E-state index is 0.0559. The van der Waals surface area contributed by atoms with Crippen LogP contribution < -0.4 is 5.32 Å². The second-order valence-electron chi connectivity index (χ2n) is 6.72. The highest BCUT2D eigenvalue weighted by Crippen LogP contribution is 2.25. The Kier molecular flexibility index (Phi) is 7.29. The zero-order chi connectivity index (χ0) is 17.4. The predicted octanol–water partition coefficient (Wildman–Crippen LogP) is 3.34. The van der Waals surface area contributed by atoms with E-state index in [1.165, 1.54) is 0 Å². The number of hydrogen-bond acceptors (Lipinski definition) is 2. The van der Waals surface area contributed by atoms with Crippen LogP contribution in [0.1, 0.15) is 57.4 Å². The van der Waals surface area contributed by atoms with Gasteiger partial charge in [0.2, 0.25) is 11.8 Å². The number of carbonyl (C=O) groups is 2. The first-order valence-corrected chi connectivity index (χ1v) is 9.26. The molecule has 2 atom stereocenters. The van der Waals surface area contributed by atoms with Crippen LogP contribution in [0.25, 0.3) is 0 Å². The van der Waals surface area contributed by atoms with Gasteiger partial charge in [-0.2, -0.15) is 0 Å². The number of nitrogens with zero attached hydrogens (tertiary/aromatic N) is 1. The lowest BCUT2D eigenvalue weighted by atomic mass is 9.92. The van der Waals surface area contributed by atoms with Gasteiger partial charge < -0.3 is 10.2 Å². The molecule has 2 rings (SSSR count). The summed E-state index contributed by atoms with van der Waals surface area (Å²) in [5, 5.41) is 3.01. The van der Waals surface area contributed by atoms with Crippen LogP contribution in [0.3, 0.4) is 0 Å². The highest BCUT2D eigenvalue weighted by molar-refractivity contribution is 5.83. The molecule has 1 aromatic rings. The monoisotopic (exact) mass is 330 g/mol. The van der Waals surface area contributed by atoms with Gasteiger partial charge in [-0.1, -0.05) is 44.2 Å². The third kappa shape index (κ3) is 5.08. The van der Waals surface area contributed by atoms with E-state index in [4.69, 9.17) is 0 Å². The Bertz CT molecular complexity index is 530. The van der Waals surface area contributed by atoms with E-state index in [2.05, 4.69) is 12.2 Å². The van der Waals surface area contributed by atoms with Crippen molar-refractivity contribution in [3.8, 4) is 0 Å². The Morgan fingerprint density at radius 3 is 2.67 bits per heavy atom. The third-order valence-corrected chi connectivity index (χ3v) is 4.80. The minimum atomic E-state index is -0.0559. The summed E-state index contributed by atoms with van der Waals surface area (Å²) in [5.41, 5.74) is 1.10. The summed E-state index contributed by atoms with van der Waals surface area (Å²) in [6, 6.07) is 10.1.